The van der Waals surface area contributed by atoms with Crippen molar-refractivity contribution < 1.29 is 19.7 Å². The number of rotatable bonds is 5. The first kappa shape index (κ1) is 18.4. The summed E-state index contributed by atoms with van der Waals surface area (Å²) in [5.74, 6) is 0.457. The highest BCUT2D eigenvalue weighted by atomic mass is 16.5. The third-order valence-electron chi connectivity index (χ3n) is 4.85. The number of hydrogen-bond donors (Lipinski definition) is 2. The van der Waals surface area contributed by atoms with Crippen LogP contribution >= 0.6 is 0 Å². The Labute approximate surface area is 153 Å². The molecule has 0 aliphatic carbocycles. The second-order valence-corrected chi connectivity index (χ2v) is 6.80. The number of carbonyl (C=O) groups excluding carboxylic acids is 1. The minimum atomic E-state index is -1.08. The molecule has 1 amide bonds. The van der Waals surface area contributed by atoms with Crippen LogP contribution in [0.15, 0.2) is 54.6 Å². The number of nitrogens with zero attached hydrogens (tertiary/aromatic N) is 1. The molecule has 138 valence electrons. The Morgan fingerprint density at radius 3 is 2.54 bits per heavy atom. The van der Waals surface area contributed by atoms with Crippen molar-refractivity contribution in [2.75, 3.05) is 19.7 Å². The minimum Gasteiger partial charge on any atom is -0.488 e. The molecule has 5 nitrogen and oxygen atoms in total. The second-order valence-electron chi connectivity index (χ2n) is 6.80. The molecule has 0 spiro atoms. The average Bonchev–Trinajstić information content (AvgIpc) is 2.89. The van der Waals surface area contributed by atoms with Gasteiger partial charge in [-0.25, -0.2) is 0 Å². The first-order valence-corrected chi connectivity index (χ1v) is 9.00. The molecule has 0 unspecified atom stereocenters. The quantitative estimate of drug-likeness (QED) is 0.865. The van der Waals surface area contributed by atoms with Crippen LogP contribution in [-0.4, -0.2) is 46.3 Å². The van der Waals surface area contributed by atoms with Gasteiger partial charge in [0.25, 0.3) is 5.91 Å². The van der Waals surface area contributed by atoms with E-state index in [0.717, 1.165) is 5.56 Å². The van der Waals surface area contributed by atoms with Gasteiger partial charge in [-0.1, -0.05) is 42.5 Å². The van der Waals surface area contributed by atoms with Crippen molar-refractivity contribution in [3.8, 4) is 5.75 Å². The van der Waals surface area contributed by atoms with Crippen LogP contribution in [0.3, 0.4) is 0 Å². The van der Waals surface area contributed by atoms with E-state index in [1.54, 1.807) is 17.0 Å². The molecule has 0 radical (unpaired) electrons. The Morgan fingerprint density at radius 2 is 1.77 bits per heavy atom. The molecule has 0 aromatic heterocycles. The van der Waals surface area contributed by atoms with Gasteiger partial charge in [-0.2, -0.15) is 0 Å². The summed E-state index contributed by atoms with van der Waals surface area (Å²) in [6.45, 7) is 1.11. The first-order chi connectivity index (χ1) is 12.6. The van der Waals surface area contributed by atoms with Gasteiger partial charge in [0.2, 0.25) is 0 Å². The normalized spacial score (nSPS) is 20.5. The van der Waals surface area contributed by atoms with E-state index in [9.17, 15) is 15.0 Å². The van der Waals surface area contributed by atoms with E-state index in [0.29, 0.717) is 50.3 Å². The Balaban J connectivity index is 1.71. The molecule has 1 aliphatic rings. The SMILES string of the molecule is O=C(c1ccccc1OCc1ccccc1)N1CCC[C@](O)(CO)CC1. The Morgan fingerprint density at radius 1 is 1.04 bits per heavy atom. The van der Waals surface area contributed by atoms with Gasteiger partial charge in [0.15, 0.2) is 0 Å². The number of aliphatic hydroxyl groups excluding tert-OH is 1. The van der Waals surface area contributed by atoms with Gasteiger partial charge in [-0.05, 0) is 37.0 Å². The molecule has 1 heterocycles. The van der Waals surface area contributed by atoms with Crippen molar-refractivity contribution >= 4 is 5.91 Å². The average molecular weight is 355 g/mol. The second kappa shape index (κ2) is 8.34. The minimum absolute atomic E-state index is 0.101. The maximum atomic E-state index is 13.0. The third-order valence-corrected chi connectivity index (χ3v) is 4.85. The van der Waals surface area contributed by atoms with E-state index in [1.165, 1.54) is 0 Å². The lowest BCUT2D eigenvalue weighted by atomic mass is 9.96. The molecule has 0 bridgehead atoms. The molecular formula is C21H25NO4. The largest absolute Gasteiger partial charge is 0.488 e. The van der Waals surface area contributed by atoms with Crippen LogP contribution in [0.1, 0.15) is 35.2 Å². The number of ether oxygens (including phenoxy) is 1. The lowest BCUT2D eigenvalue weighted by Crippen LogP contribution is -2.36. The topological polar surface area (TPSA) is 70.0 Å². The van der Waals surface area contributed by atoms with E-state index in [1.807, 2.05) is 42.5 Å². The fourth-order valence-corrected chi connectivity index (χ4v) is 3.21. The standard InChI is InChI=1S/C21H25NO4/c23-16-21(25)11-6-13-22(14-12-21)20(24)18-9-4-5-10-19(18)26-15-17-7-2-1-3-8-17/h1-5,7-10,23,25H,6,11-16H2/t21-/m1/s1. The highest BCUT2D eigenvalue weighted by Crippen LogP contribution is 2.26. The number of aliphatic hydroxyl groups is 2. The fourth-order valence-electron chi connectivity index (χ4n) is 3.21. The molecule has 2 aromatic rings. The molecule has 2 N–H and O–H groups in total. The van der Waals surface area contributed by atoms with Crippen LogP contribution in [-0.2, 0) is 6.61 Å². The summed E-state index contributed by atoms with van der Waals surface area (Å²) < 4.78 is 5.89. The van der Waals surface area contributed by atoms with Crippen LogP contribution in [0.4, 0.5) is 0 Å². The number of hydrogen-bond acceptors (Lipinski definition) is 4. The number of para-hydroxylation sites is 1. The molecule has 1 saturated heterocycles. The van der Waals surface area contributed by atoms with Gasteiger partial charge in [-0.15, -0.1) is 0 Å². The number of likely N-dealkylation sites (tertiary alicyclic amines) is 1. The van der Waals surface area contributed by atoms with E-state index >= 15 is 0 Å². The van der Waals surface area contributed by atoms with Gasteiger partial charge in [0.05, 0.1) is 17.8 Å². The maximum absolute atomic E-state index is 13.0. The number of benzene rings is 2. The molecular weight excluding hydrogens is 330 g/mol. The monoisotopic (exact) mass is 355 g/mol. The molecule has 1 atom stereocenters. The van der Waals surface area contributed by atoms with Gasteiger partial charge >= 0.3 is 0 Å². The molecule has 2 aromatic carbocycles. The Kier molecular flexibility index (Phi) is 5.91. The lowest BCUT2D eigenvalue weighted by molar-refractivity contribution is -0.0250. The first-order valence-electron chi connectivity index (χ1n) is 9.00. The summed E-state index contributed by atoms with van der Waals surface area (Å²) in [5.41, 5.74) is 0.480. The number of amides is 1. The zero-order chi connectivity index (χ0) is 18.4. The van der Waals surface area contributed by atoms with Crippen molar-refractivity contribution in [1.29, 1.82) is 0 Å². The van der Waals surface area contributed by atoms with Crippen LogP contribution in [0.25, 0.3) is 0 Å². The summed E-state index contributed by atoms with van der Waals surface area (Å²) in [5, 5.41) is 19.6. The molecule has 26 heavy (non-hydrogen) atoms. The van der Waals surface area contributed by atoms with Gasteiger partial charge in [-0.3, -0.25) is 4.79 Å². The highest BCUT2D eigenvalue weighted by molar-refractivity contribution is 5.97. The Hall–Kier alpha value is -2.37. The predicted molar refractivity (Wildman–Crippen MR) is 99.0 cm³/mol. The van der Waals surface area contributed by atoms with Crippen molar-refractivity contribution in [2.45, 2.75) is 31.5 Å². The predicted octanol–water partition coefficient (Wildman–Crippen LogP) is 2.62. The van der Waals surface area contributed by atoms with E-state index < -0.39 is 5.60 Å². The molecule has 1 fully saturated rings. The highest BCUT2D eigenvalue weighted by Gasteiger charge is 2.31. The Bertz CT molecular complexity index is 734. The summed E-state index contributed by atoms with van der Waals surface area (Å²) >= 11 is 0. The van der Waals surface area contributed by atoms with Crippen molar-refractivity contribution in [1.82, 2.24) is 4.90 Å². The van der Waals surface area contributed by atoms with Gasteiger partial charge in [0.1, 0.15) is 12.4 Å². The van der Waals surface area contributed by atoms with Crippen molar-refractivity contribution in [3.63, 3.8) is 0 Å². The van der Waals surface area contributed by atoms with E-state index in [2.05, 4.69) is 0 Å². The van der Waals surface area contributed by atoms with Crippen LogP contribution in [0.2, 0.25) is 0 Å². The third kappa shape index (κ3) is 4.42. The van der Waals surface area contributed by atoms with Crippen LogP contribution in [0, 0.1) is 0 Å². The number of carbonyl (C=O) groups is 1. The molecule has 5 heteroatoms. The zero-order valence-corrected chi connectivity index (χ0v) is 14.8. The van der Waals surface area contributed by atoms with Gasteiger partial charge in [0, 0.05) is 13.1 Å². The smallest absolute Gasteiger partial charge is 0.257 e. The summed E-state index contributed by atoms with van der Waals surface area (Å²) in [7, 11) is 0. The van der Waals surface area contributed by atoms with Gasteiger partial charge < -0.3 is 19.8 Å². The van der Waals surface area contributed by atoms with E-state index in [4.69, 9.17) is 4.74 Å². The molecule has 3 rings (SSSR count). The zero-order valence-electron chi connectivity index (χ0n) is 14.8. The summed E-state index contributed by atoms with van der Waals surface area (Å²) in [6, 6.07) is 17.1. The van der Waals surface area contributed by atoms with Crippen molar-refractivity contribution in [2.24, 2.45) is 0 Å². The van der Waals surface area contributed by atoms with E-state index in [-0.39, 0.29) is 12.5 Å². The molecule has 0 saturated carbocycles. The van der Waals surface area contributed by atoms with Crippen LogP contribution < -0.4 is 4.74 Å². The lowest BCUT2D eigenvalue weighted by Gasteiger charge is -2.25. The fraction of sp³-hybridized carbons (Fsp3) is 0.381. The van der Waals surface area contributed by atoms with Crippen LogP contribution in [0.5, 0.6) is 5.75 Å². The molecule has 1 aliphatic heterocycles. The maximum Gasteiger partial charge on any atom is 0.257 e. The van der Waals surface area contributed by atoms with Crippen molar-refractivity contribution in [3.05, 3.63) is 65.7 Å². The summed E-state index contributed by atoms with van der Waals surface area (Å²) in [6.07, 6.45) is 1.54. The summed E-state index contributed by atoms with van der Waals surface area (Å²) in [4.78, 5) is 14.7.